The number of aromatic nitrogens is 1. The molecule has 0 aliphatic rings. The Morgan fingerprint density at radius 3 is 2.70 bits per heavy atom. The Kier molecular flexibility index (Phi) is 3.38. The lowest BCUT2D eigenvalue weighted by atomic mass is 10.1. The number of carboxylic acids is 1. The molecule has 0 atom stereocenters. The van der Waals surface area contributed by atoms with Gasteiger partial charge in [-0.2, -0.15) is 11.3 Å². The number of nitrogens with zero attached hydrogens (tertiary/aromatic N) is 1. The van der Waals surface area contributed by atoms with Crippen molar-refractivity contribution in [3.05, 3.63) is 50.6 Å². The molecular formula is C14H7Cl2NO2S. The molecule has 3 nitrogen and oxygen atoms in total. The summed E-state index contributed by atoms with van der Waals surface area (Å²) >= 11 is 13.6. The minimum absolute atomic E-state index is 0.139. The monoisotopic (exact) mass is 323 g/mol. The molecule has 0 amide bonds. The number of rotatable bonds is 2. The predicted molar refractivity (Wildman–Crippen MR) is 82.0 cm³/mol. The molecule has 100 valence electrons. The first-order chi connectivity index (χ1) is 9.56. The number of thiophene rings is 1. The fourth-order valence-corrected chi connectivity index (χ4v) is 3.17. The molecule has 6 heteroatoms. The van der Waals surface area contributed by atoms with Gasteiger partial charge in [0.05, 0.1) is 21.8 Å². The van der Waals surface area contributed by atoms with Crippen LogP contribution in [0.1, 0.15) is 10.4 Å². The number of carbonyl (C=O) groups is 1. The highest BCUT2D eigenvalue weighted by atomic mass is 35.5. The number of pyridine rings is 1. The van der Waals surface area contributed by atoms with Crippen LogP contribution < -0.4 is 0 Å². The molecule has 0 spiro atoms. The number of fused-ring (bicyclic) bond motifs is 1. The van der Waals surface area contributed by atoms with Crippen molar-refractivity contribution in [3.63, 3.8) is 0 Å². The minimum atomic E-state index is -1.03. The fraction of sp³-hybridized carbons (Fsp3) is 0. The second-order valence-electron chi connectivity index (χ2n) is 4.16. The van der Waals surface area contributed by atoms with Gasteiger partial charge in [-0.1, -0.05) is 23.2 Å². The van der Waals surface area contributed by atoms with Crippen molar-refractivity contribution in [2.45, 2.75) is 0 Å². The third-order valence-electron chi connectivity index (χ3n) is 2.88. The van der Waals surface area contributed by atoms with Crippen LogP contribution in [0, 0.1) is 0 Å². The molecule has 0 aliphatic heterocycles. The van der Waals surface area contributed by atoms with Crippen LogP contribution in [-0.4, -0.2) is 16.1 Å². The van der Waals surface area contributed by atoms with E-state index in [0.717, 1.165) is 5.56 Å². The molecule has 1 aromatic carbocycles. The smallest absolute Gasteiger partial charge is 0.336 e. The van der Waals surface area contributed by atoms with Crippen molar-refractivity contribution < 1.29 is 9.90 Å². The van der Waals surface area contributed by atoms with Gasteiger partial charge in [0.2, 0.25) is 0 Å². The zero-order chi connectivity index (χ0) is 14.3. The van der Waals surface area contributed by atoms with E-state index in [4.69, 9.17) is 23.2 Å². The van der Waals surface area contributed by atoms with Gasteiger partial charge < -0.3 is 5.11 Å². The summed E-state index contributed by atoms with van der Waals surface area (Å²) in [7, 11) is 0. The molecule has 2 heterocycles. The summed E-state index contributed by atoms with van der Waals surface area (Å²) in [6.45, 7) is 0. The van der Waals surface area contributed by atoms with E-state index in [0.29, 0.717) is 26.6 Å². The number of benzene rings is 1. The minimum Gasteiger partial charge on any atom is -0.478 e. The third kappa shape index (κ3) is 2.26. The number of halogens is 2. The number of hydrogen-bond donors (Lipinski definition) is 1. The average Bonchev–Trinajstić information content (AvgIpc) is 2.91. The van der Waals surface area contributed by atoms with Crippen molar-refractivity contribution in [3.8, 4) is 11.3 Å². The highest BCUT2D eigenvalue weighted by Gasteiger charge is 2.15. The highest BCUT2D eigenvalue weighted by Crippen LogP contribution is 2.32. The van der Waals surface area contributed by atoms with Gasteiger partial charge in [0.15, 0.2) is 0 Å². The van der Waals surface area contributed by atoms with Gasteiger partial charge in [0, 0.05) is 21.4 Å². The predicted octanol–water partition coefficient (Wildman–Crippen LogP) is 4.97. The fourth-order valence-electron chi connectivity index (χ4n) is 1.99. The van der Waals surface area contributed by atoms with Gasteiger partial charge in [-0.15, -0.1) is 0 Å². The van der Waals surface area contributed by atoms with E-state index in [1.165, 1.54) is 11.3 Å². The largest absolute Gasteiger partial charge is 0.478 e. The lowest BCUT2D eigenvalue weighted by molar-refractivity contribution is 0.0699. The quantitative estimate of drug-likeness (QED) is 0.724. The van der Waals surface area contributed by atoms with E-state index in [2.05, 4.69) is 4.98 Å². The van der Waals surface area contributed by atoms with E-state index >= 15 is 0 Å². The van der Waals surface area contributed by atoms with Crippen molar-refractivity contribution in [2.75, 3.05) is 0 Å². The SMILES string of the molecule is O=C(O)c1cc(-c2ccsc2)nc2c(Cl)cc(Cl)cc12. The lowest BCUT2D eigenvalue weighted by Crippen LogP contribution is -2.00. The lowest BCUT2D eigenvalue weighted by Gasteiger charge is -2.08. The van der Waals surface area contributed by atoms with Gasteiger partial charge >= 0.3 is 5.97 Å². The maximum atomic E-state index is 11.4. The van der Waals surface area contributed by atoms with Crippen LogP contribution in [0.2, 0.25) is 10.0 Å². The highest BCUT2D eigenvalue weighted by molar-refractivity contribution is 7.08. The molecule has 0 bridgehead atoms. The first-order valence-electron chi connectivity index (χ1n) is 5.62. The summed E-state index contributed by atoms with van der Waals surface area (Å²) in [5, 5.41) is 14.4. The second-order valence-corrected chi connectivity index (χ2v) is 5.78. The van der Waals surface area contributed by atoms with Crippen LogP contribution in [0.25, 0.3) is 22.2 Å². The average molecular weight is 324 g/mol. The van der Waals surface area contributed by atoms with Crippen LogP contribution in [-0.2, 0) is 0 Å². The maximum absolute atomic E-state index is 11.4. The van der Waals surface area contributed by atoms with E-state index in [1.54, 1.807) is 18.2 Å². The molecule has 1 N–H and O–H groups in total. The molecule has 0 saturated carbocycles. The van der Waals surface area contributed by atoms with E-state index in [9.17, 15) is 9.90 Å². The number of aromatic carboxylic acids is 1. The Bertz CT molecular complexity index is 816. The Balaban J connectivity index is 2.40. The number of carboxylic acid groups (broad SMARTS) is 1. The van der Waals surface area contributed by atoms with Gasteiger partial charge in [0.25, 0.3) is 0 Å². The van der Waals surface area contributed by atoms with Crippen LogP contribution in [0.3, 0.4) is 0 Å². The Hall–Kier alpha value is -1.62. The molecule has 0 unspecified atom stereocenters. The summed E-state index contributed by atoms with van der Waals surface area (Å²) in [6, 6.07) is 6.55. The maximum Gasteiger partial charge on any atom is 0.336 e. The van der Waals surface area contributed by atoms with Gasteiger partial charge in [-0.3, -0.25) is 0 Å². The van der Waals surface area contributed by atoms with Crippen molar-refractivity contribution in [1.29, 1.82) is 0 Å². The van der Waals surface area contributed by atoms with E-state index < -0.39 is 5.97 Å². The van der Waals surface area contributed by atoms with Crippen LogP contribution in [0.15, 0.2) is 35.0 Å². The zero-order valence-electron chi connectivity index (χ0n) is 9.93. The molecule has 3 rings (SSSR count). The Morgan fingerprint density at radius 1 is 1.25 bits per heavy atom. The molecule has 3 aromatic rings. The third-order valence-corrected chi connectivity index (χ3v) is 4.07. The first-order valence-corrected chi connectivity index (χ1v) is 7.32. The normalized spacial score (nSPS) is 10.9. The van der Waals surface area contributed by atoms with Gasteiger partial charge in [-0.05, 0) is 29.6 Å². The topological polar surface area (TPSA) is 50.2 Å². The molecule has 2 aromatic heterocycles. The summed E-state index contributed by atoms with van der Waals surface area (Å²) < 4.78 is 0. The summed E-state index contributed by atoms with van der Waals surface area (Å²) in [4.78, 5) is 15.9. The van der Waals surface area contributed by atoms with Gasteiger partial charge in [-0.25, -0.2) is 9.78 Å². The summed E-state index contributed by atoms with van der Waals surface area (Å²) in [5.74, 6) is -1.03. The molecule has 0 radical (unpaired) electrons. The first kappa shape index (κ1) is 13.4. The molecule has 0 fully saturated rings. The molecular weight excluding hydrogens is 317 g/mol. The Labute approximate surface area is 128 Å². The van der Waals surface area contributed by atoms with Crippen LogP contribution in [0.5, 0.6) is 0 Å². The zero-order valence-corrected chi connectivity index (χ0v) is 12.3. The van der Waals surface area contributed by atoms with Crippen molar-refractivity contribution >= 4 is 51.4 Å². The second kappa shape index (κ2) is 5.05. The van der Waals surface area contributed by atoms with E-state index in [1.807, 2.05) is 16.8 Å². The Morgan fingerprint density at radius 2 is 2.05 bits per heavy atom. The van der Waals surface area contributed by atoms with Crippen molar-refractivity contribution in [2.24, 2.45) is 0 Å². The van der Waals surface area contributed by atoms with Crippen LogP contribution in [0.4, 0.5) is 0 Å². The van der Waals surface area contributed by atoms with Gasteiger partial charge in [0.1, 0.15) is 0 Å². The van der Waals surface area contributed by atoms with Crippen LogP contribution >= 0.6 is 34.5 Å². The molecule has 0 saturated heterocycles. The molecule has 0 aliphatic carbocycles. The van der Waals surface area contributed by atoms with Crippen molar-refractivity contribution in [1.82, 2.24) is 4.98 Å². The summed E-state index contributed by atoms with van der Waals surface area (Å²) in [5.41, 5.74) is 2.03. The molecule has 20 heavy (non-hydrogen) atoms. The number of hydrogen-bond acceptors (Lipinski definition) is 3. The summed E-state index contributed by atoms with van der Waals surface area (Å²) in [6.07, 6.45) is 0. The standard InChI is InChI=1S/C14H7Cl2NO2S/c15-8-3-9-10(14(18)19)5-12(7-1-2-20-6-7)17-13(9)11(16)4-8/h1-6H,(H,18,19). The van der Waals surface area contributed by atoms with E-state index in [-0.39, 0.29) is 5.56 Å².